The fraction of sp³-hybridized carbons (Fsp3) is 0.750. The zero-order valence-corrected chi connectivity index (χ0v) is 11.5. The van der Waals surface area contributed by atoms with E-state index in [-0.39, 0.29) is 0 Å². The van der Waals surface area contributed by atoms with Crippen molar-refractivity contribution in [3.05, 3.63) is 25.0 Å². The Kier molecular flexibility index (Phi) is 3.38. The van der Waals surface area contributed by atoms with Crippen LogP contribution in [0.1, 0.15) is 52.9 Å². The molecule has 2 rings (SSSR count). The van der Waals surface area contributed by atoms with Gasteiger partial charge in [0, 0.05) is 10.8 Å². The van der Waals surface area contributed by atoms with E-state index in [2.05, 4.69) is 33.4 Å². The molecule has 2 bridgehead atoms. The van der Waals surface area contributed by atoms with Crippen molar-refractivity contribution in [2.45, 2.75) is 59.0 Å². The molecule has 17 heavy (non-hydrogen) atoms. The van der Waals surface area contributed by atoms with Crippen molar-refractivity contribution in [1.29, 1.82) is 0 Å². The van der Waals surface area contributed by atoms with E-state index in [1.165, 1.54) is 19.3 Å². The van der Waals surface area contributed by atoms with Crippen LogP contribution in [0, 0.1) is 16.7 Å². The summed E-state index contributed by atoms with van der Waals surface area (Å²) < 4.78 is 6.09. The normalized spacial score (nSPS) is 38.8. The summed E-state index contributed by atoms with van der Waals surface area (Å²) in [6.45, 7) is 10.9. The Morgan fingerprint density at radius 3 is 2.65 bits per heavy atom. The molecule has 0 radical (unpaired) electrons. The van der Waals surface area contributed by atoms with E-state index in [0.29, 0.717) is 16.9 Å². The SMILES string of the molecule is C=CCC/C=C\O[C@H]1C(C)(C)[C@H]2CC[C@]1(C)C2. The molecule has 2 fully saturated rings. The van der Waals surface area contributed by atoms with Crippen molar-refractivity contribution in [3.8, 4) is 0 Å². The van der Waals surface area contributed by atoms with E-state index in [1.54, 1.807) is 0 Å². The van der Waals surface area contributed by atoms with Crippen LogP contribution in [0.3, 0.4) is 0 Å². The molecule has 1 heteroatoms. The smallest absolute Gasteiger partial charge is 0.108 e. The van der Waals surface area contributed by atoms with Crippen LogP contribution in [0.15, 0.2) is 25.0 Å². The van der Waals surface area contributed by atoms with Crippen LogP contribution in [-0.2, 0) is 4.74 Å². The standard InChI is InChI=1S/C16H26O/c1-5-6-7-8-11-17-14-15(2,3)13-9-10-16(14,4)12-13/h5,8,11,13-14H,1,6-7,9-10,12H2,2-4H3/b11-8-/t13-,14-,16+/m0/s1. The highest BCUT2D eigenvalue weighted by atomic mass is 16.5. The number of unbranched alkanes of at least 4 members (excludes halogenated alkanes) is 1. The maximum atomic E-state index is 6.09. The van der Waals surface area contributed by atoms with Crippen molar-refractivity contribution in [2.24, 2.45) is 16.7 Å². The number of hydrogen-bond donors (Lipinski definition) is 0. The van der Waals surface area contributed by atoms with Gasteiger partial charge in [-0.15, -0.1) is 6.58 Å². The Morgan fingerprint density at radius 1 is 1.29 bits per heavy atom. The lowest BCUT2D eigenvalue weighted by atomic mass is 9.70. The first-order valence-electron chi connectivity index (χ1n) is 6.92. The molecule has 0 aromatic heterocycles. The number of allylic oxidation sites excluding steroid dienone is 2. The number of ether oxygens (including phenoxy) is 1. The summed E-state index contributed by atoms with van der Waals surface area (Å²) in [5, 5.41) is 0. The van der Waals surface area contributed by atoms with Crippen molar-refractivity contribution in [2.75, 3.05) is 0 Å². The van der Waals surface area contributed by atoms with E-state index in [1.807, 2.05) is 12.3 Å². The molecule has 2 aliphatic rings. The predicted octanol–water partition coefficient (Wildman–Crippen LogP) is 4.70. The summed E-state index contributed by atoms with van der Waals surface area (Å²) >= 11 is 0. The summed E-state index contributed by atoms with van der Waals surface area (Å²) in [6, 6.07) is 0. The predicted molar refractivity (Wildman–Crippen MR) is 72.7 cm³/mol. The third-order valence-electron chi connectivity index (χ3n) is 4.99. The molecule has 0 saturated heterocycles. The molecule has 0 N–H and O–H groups in total. The lowest BCUT2D eigenvalue weighted by Gasteiger charge is -2.41. The maximum Gasteiger partial charge on any atom is 0.108 e. The summed E-state index contributed by atoms with van der Waals surface area (Å²) in [5.41, 5.74) is 0.757. The first-order chi connectivity index (χ1) is 8.00. The van der Waals surface area contributed by atoms with Crippen LogP contribution in [0.2, 0.25) is 0 Å². The number of rotatable bonds is 5. The second kappa shape index (κ2) is 4.51. The average molecular weight is 234 g/mol. The lowest BCUT2D eigenvalue weighted by molar-refractivity contribution is -0.0442. The zero-order chi connectivity index (χ0) is 12.5. The van der Waals surface area contributed by atoms with Crippen molar-refractivity contribution in [3.63, 3.8) is 0 Å². The van der Waals surface area contributed by atoms with Gasteiger partial charge >= 0.3 is 0 Å². The molecule has 0 aromatic rings. The van der Waals surface area contributed by atoms with E-state index in [0.717, 1.165) is 18.8 Å². The fourth-order valence-corrected chi connectivity index (χ4v) is 4.01. The third kappa shape index (κ3) is 2.17. The van der Waals surface area contributed by atoms with E-state index in [9.17, 15) is 0 Å². The molecular weight excluding hydrogens is 208 g/mol. The van der Waals surface area contributed by atoms with Gasteiger partial charge in [0.2, 0.25) is 0 Å². The molecule has 2 saturated carbocycles. The van der Waals surface area contributed by atoms with Gasteiger partial charge in [0.1, 0.15) is 6.10 Å². The Labute approximate surface area is 106 Å². The highest BCUT2D eigenvalue weighted by Gasteiger charge is 2.60. The van der Waals surface area contributed by atoms with Gasteiger partial charge in [-0.1, -0.05) is 26.8 Å². The molecule has 0 spiro atoms. The summed E-state index contributed by atoms with van der Waals surface area (Å²) in [5.74, 6) is 0.860. The van der Waals surface area contributed by atoms with Crippen LogP contribution in [0.25, 0.3) is 0 Å². The minimum absolute atomic E-state index is 0.343. The number of hydrogen-bond acceptors (Lipinski definition) is 1. The fourth-order valence-electron chi connectivity index (χ4n) is 4.01. The molecule has 1 nitrogen and oxygen atoms in total. The van der Waals surface area contributed by atoms with Crippen molar-refractivity contribution < 1.29 is 4.74 Å². The van der Waals surface area contributed by atoms with E-state index < -0.39 is 0 Å². The second-order valence-electron chi connectivity index (χ2n) is 6.67. The van der Waals surface area contributed by atoms with Gasteiger partial charge in [0.15, 0.2) is 0 Å². The average Bonchev–Trinajstić information content (AvgIpc) is 2.73. The highest BCUT2D eigenvalue weighted by molar-refractivity contribution is 5.10. The van der Waals surface area contributed by atoms with E-state index >= 15 is 0 Å². The Balaban J connectivity index is 1.95. The molecule has 2 aliphatic carbocycles. The largest absolute Gasteiger partial charge is 0.497 e. The molecule has 0 unspecified atom stereocenters. The first kappa shape index (κ1) is 12.7. The highest BCUT2D eigenvalue weighted by Crippen LogP contribution is 2.63. The first-order valence-corrected chi connectivity index (χ1v) is 6.92. The minimum Gasteiger partial charge on any atom is -0.497 e. The molecular formula is C16H26O. The van der Waals surface area contributed by atoms with Gasteiger partial charge in [0.05, 0.1) is 6.26 Å². The van der Waals surface area contributed by atoms with Gasteiger partial charge in [-0.3, -0.25) is 0 Å². The molecule has 0 amide bonds. The Morgan fingerprint density at radius 2 is 2.06 bits per heavy atom. The monoisotopic (exact) mass is 234 g/mol. The maximum absolute atomic E-state index is 6.09. The molecule has 0 heterocycles. The molecule has 0 aliphatic heterocycles. The van der Waals surface area contributed by atoms with Crippen molar-refractivity contribution >= 4 is 0 Å². The van der Waals surface area contributed by atoms with Crippen LogP contribution in [-0.4, -0.2) is 6.10 Å². The summed E-state index contributed by atoms with van der Waals surface area (Å²) in [6.07, 6.45) is 12.6. The molecule has 3 atom stereocenters. The van der Waals surface area contributed by atoms with Crippen LogP contribution in [0.5, 0.6) is 0 Å². The lowest BCUT2D eigenvalue weighted by Crippen LogP contribution is -2.41. The third-order valence-corrected chi connectivity index (χ3v) is 4.99. The van der Waals surface area contributed by atoms with Crippen molar-refractivity contribution in [1.82, 2.24) is 0 Å². The summed E-state index contributed by atoms with van der Waals surface area (Å²) in [7, 11) is 0. The number of fused-ring (bicyclic) bond motifs is 2. The quantitative estimate of drug-likeness (QED) is 0.381. The van der Waals surface area contributed by atoms with Gasteiger partial charge in [0.25, 0.3) is 0 Å². The Hall–Kier alpha value is -0.720. The van der Waals surface area contributed by atoms with Gasteiger partial charge < -0.3 is 4.74 Å². The van der Waals surface area contributed by atoms with Crippen LogP contribution >= 0.6 is 0 Å². The van der Waals surface area contributed by atoms with Crippen LogP contribution in [0.4, 0.5) is 0 Å². The second-order valence-corrected chi connectivity index (χ2v) is 6.67. The Bertz CT molecular complexity index is 311. The topological polar surface area (TPSA) is 9.23 Å². The van der Waals surface area contributed by atoms with Gasteiger partial charge in [-0.05, 0) is 44.1 Å². The molecule has 96 valence electrons. The van der Waals surface area contributed by atoms with Gasteiger partial charge in [-0.25, -0.2) is 0 Å². The van der Waals surface area contributed by atoms with Crippen LogP contribution < -0.4 is 0 Å². The minimum atomic E-state index is 0.343. The van der Waals surface area contributed by atoms with E-state index in [4.69, 9.17) is 4.74 Å². The summed E-state index contributed by atoms with van der Waals surface area (Å²) in [4.78, 5) is 0. The molecule has 0 aromatic carbocycles. The van der Waals surface area contributed by atoms with Gasteiger partial charge in [-0.2, -0.15) is 0 Å². The zero-order valence-electron chi connectivity index (χ0n) is 11.5.